The Morgan fingerprint density at radius 3 is 1.57 bits per heavy atom. The molecule has 1 fully saturated rings. The zero-order chi connectivity index (χ0) is 17.1. The van der Waals surface area contributed by atoms with Gasteiger partial charge in [-0.05, 0) is 0 Å². The van der Waals surface area contributed by atoms with E-state index in [0.29, 0.717) is 8.45 Å². The van der Waals surface area contributed by atoms with Crippen molar-refractivity contribution in [2.45, 2.75) is 8.45 Å². The molecule has 0 bridgehead atoms. The first-order valence-corrected chi connectivity index (χ1v) is 12.3. The van der Waals surface area contributed by atoms with Crippen LogP contribution in [0.3, 0.4) is 0 Å². The molecule has 2 unspecified atom stereocenters. The van der Waals surface area contributed by atoms with Crippen molar-refractivity contribution in [1.29, 1.82) is 0 Å². The van der Waals surface area contributed by atoms with Gasteiger partial charge in [-0.3, -0.25) is 0 Å². The summed E-state index contributed by atoms with van der Waals surface area (Å²) >= 11 is -0.155. The van der Waals surface area contributed by atoms with Crippen molar-refractivity contribution in [3.05, 3.63) is 112 Å². The molecule has 4 heteroatoms. The van der Waals surface area contributed by atoms with Gasteiger partial charge in [-0.1, -0.05) is 0 Å². The van der Waals surface area contributed by atoms with E-state index in [1.54, 1.807) is 21.8 Å². The molecule has 3 aliphatic rings. The molecule has 136 valence electrons. The number of halogens is 2. The summed E-state index contributed by atoms with van der Waals surface area (Å²) in [7, 11) is -0.387. The molecule has 0 aromatic heterocycles. The topological polar surface area (TPSA) is 0 Å². The van der Waals surface area contributed by atoms with Crippen LogP contribution in [0.5, 0.6) is 0 Å². The summed E-state index contributed by atoms with van der Waals surface area (Å²) in [6.07, 6.45) is 5.06. The third kappa shape index (κ3) is 2.79. The number of allylic oxidation sites excluding steroid dienone is 2. The molecule has 2 aliphatic carbocycles. The summed E-state index contributed by atoms with van der Waals surface area (Å²) < 4.78 is 1.40. The first-order valence-electron chi connectivity index (χ1n) is 9.12. The average molecular weight is 422 g/mol. The molecule has 0 spiro atoms. The molecule has 0 nitrogen and oxygen atoms in total. The molecule has 3 aromatic rings. The third-order valence-corrected chi connectivity index (χ3v) is 12.0. The fourth-order valence-corrected chi connectivity index (χ4v) is 11.8. The van der Waals surface area contributed by atoms with Crippen LogP contribution in [0.25, 0.3) is 12.2 Å². The maximum absolute atomic E-state index is 2.53. The van der Waals surface area contributed by atoms with Crippen LogP contribution in [-0.2, 0) is 19.2 Å². The van der Waals surface area contributed by atoms with Crippen LogP contribution < -0.4 is 14.7 Å². The maximum Gasteiger partial charge on any atom is -1.00 e. The number of fused-ring (bicyclic) bond motifs is 6. The molecule has 6 rings (SSSR count). The van der Waals surface area contributed by atoms with E-state index >= 15 is 0 Å². The van der Waals surface area contributed by atoms with Gasteiger partial charge >= 0.3 is 165 Å². The summed E-state index contributed by atoms with van der Waals surface area (Å²) in [6, 6.07) is 29.4. The van der Waals surface area contributed by atoms with E-state index < -0.39 is 0 Å². The Kier molecular flexibility index (Phi) is 5.23. The molecule has 1 saturated heterocycles. The Balaban J connectivity index is 0.000000961. The van der Waals surface area contributed by atoms with Gasteiger partial charge in [0.15, 0.2) is 0 Å². The van der Waals surface area contributed by atoms with Crippen molar-refractivity contribution in [2.24, 2.45) is 0 Å². The molecule has 0 N–H and O–H groups in total. The standard InChI is InChI=1S/C24H17P.2FH.Ti/c1-2-12-22(13-3-1)25(23-14-18-8-4-5-9-19(18)15-23)24-16-20-10-6-7-11-21(20)17-24;;;/h1-17H;2*1H;/q;;;+2/p-2. The molecule has 28 heavy (non-hydrogen) atoms. The minimum atomic E-state index is -0.387. The quantitative estimate of drug-likeness (QED) is 0.386. The molecule has 0 amide bonds. The van der Waals surface area contributed by atoms with Gasteiger partial charge in [0.1, 0.15) is 0 Å². The minimum absolute atomic E-state index is 0. The summed E-state index contributed by atoms with van der Waals surface area (Å²) in [5.74, 6) is 0. The minimum Gasteiger partial charge on any atom is -1.00 e. The van der Waals surface area contributed by atoms with E-state index in [1.165, 1.54) is 16.4 Å². The van der Waals surface area contributed by atoms with E-state index in [9.17, 15) is 0 Å². The zero-order valence-electron chi connectivity index (χ0n) is 15.0. The van der Waals surface area contributed by atoms with Crippen LogP contribution in [0.4, 0.5) is 0 Å². The van der Waals surface area contributed by atoms with Gasteiger partial charge in [0.25, 0.3) is 0 Å². The molecule has 1 heterocycles. The Hall–Kier alpha value is -1.86. The summed E-state index contributed by atoms with van der Waals surface area (Å²) in [5, 5.41) is 4.94. The average Bonchev–Trinajstić information content (AvgIpc) is 3.25. The largest absolute Gasteiger partial charge is 1.00 e. The fraction of sp³-hybridized carbons (Fsp3) is 0.0833. The van der Waals surface area contributed by atoms with Crippen molar-refractivity contribution >= 4 is 25.4 Å². The molecule has 0 radical (unpaired) electrons. The van der Waals surface area contributed by atoms with Gasteiger partial charge in [-0.15, -0.1) is 0 Å². The predicted molar refractivity (Wildman–Crippen MR) is 107 cm³/mol. The van der Waals surface area contributed by atoms with Crippen molar-refractivity contribution in [3.8, 4) is 0 Å². The van der Waals surface area contributed by atoms with Crippen molar-refractivity contribution < 1.29 is 28.6 Å². The van der Waals surface area contributed by atoms with Gasteiger partial charge in [0.05, 0.1) is 0 Å². The van der Waals surface area contributed by atoms with Crippen LogP contribution in [0.2, 0.25) is 0 Å². The number of hydrogen-bond acceptors (Lipinski definition) is 0. The molecule has 3 aromatic carbocycles. The van der Waals surface area contributed by atoms with E-state index in [0.717, 1.165) is 0 Å². The smallest absolute Gasteiger partial charge is 1.00 e. The normalized spacial score (nSPS) is 22.5. The van der Waals surface area contributed by atoms with Gasteiger partial charge in [-0.2, -0.15) is 0 Å². The Morgan fingerprint density at radius 1 is 0.571 bits per heavy atom. The maximum atomic E-state index is 2.53. The molecular weight excluding hydrogens is 405 g/mol. The second kappa shape index (κ2) is 7.52. The van der Waals surface area contributed by atoms with E-state index in [4.69, 9.17) is 0 Å². The van der Waals surface area contributed by atoms with Crippen molar-refractivity contribution in [2.75, 3.05) is 0 Å². The molecular formula is C24H17F2PTi. The molecule has 1 aliphatic heterocycles. The van der Waals surface area contributed by atoms with E-state index in [-0.39, 0.29) is 36.5 Å². The summed E-state index contributed by atoms with van der Waals surface area (Å²) in [4.78, 5) is 0. The monoisotopic (exact) mass is 422 g/mol. The Morgan fingerprint density at radius 2 is 1.04 bits per heavy atom. The van der Waals surface area contributed by atoms with Crippen LogP contribution >= 0.6 is 7.92 Å². The van der Waals surface area contributed by atoms with Crippen LogP contribution in [0, 0.1) is 0 Å². The fourth-order valence-electron chi connectivity index (χ4n) is 4.54. The van der Waals surface area contributed by atoms with Gasteiger partial charge in [-0.25, -0.2) is 0 Å². The van der Waals surface area contributed by atoms with Crippen LogP contribution in [0.15, 0.2) is 89.5 Å². The number of benzene rings is 3. The van der Waals surface area contributed by atoms with Crippen LogP contribution in [-0.4, -0.2) is 0 Å². The molecule has 2 atom stereocenters. The Labute approximate surface area is 173 Å². The van der Waals surface area contributed by atoms with Crippen LogP contribution in [0.1, 0.15) is 30.7 Å². The second-order valence-corrected chi connectivity index (χ2v) is 11.6. The first kappa shape index (κ1) is 19.5. The van der Waals surface area contributed by atoms with Crippen molar-refractivity contribution in [1.82, 2.24) is 0 Å². The SMILES string of the molecule is C1=C2[CH]([Ti+2][CH]3C(=Cc4ccccc43)P2c2ccccc2)c2ccccc21.[F-].[F-]. The van der Waals surface area contributed by atoms with Gasteiger partial charge < -0.3 is 9.41 Å². The van der Waals surface area contributed by atoms with E-state index in [1.807, 2.05) is 0 Å². The molecule has 0 saturated carbocycles. The first-order chi connectivity index (χ1) is 12.9. The third-order valence-electron chi connectivity index (χ3n) is 5.68. The second-order valence-electron chi connectivity index (χ2n) is 7.10. The predicted octanol–water partition coefficient (Wildman–Crippen LogP) is 0.0895. The van der Waals surface area contributed by atoms with Gasteiger partial charge in [0.2, 0.25) is 0 Å². The van der Waals surface area contributed by atoms with Crippen molar-refractivity contribution in [3.63, 3.8) is 0 Å². The van der Waals surface area contributed by atoms with Gasteiger partial charge in [0, 0.05) is 0 Å². The summed E-state index contributed by atoms with van der Waals surface area (Å²) in [5.41, 5.74) is 6.12. The van der Waals surface area contributed by atoms with E-state index in [2.05, 4.69) is 91.0 Å². The Bertz CT molecular complexity index is 1020. The number of rotatable bonds is 1. The zero-order valence-corrected chi connectivity index (χ0v) is 17.5. The number of hydrogen-bond donors (Lipinski definition) is 0. The summed E-state index contributed by atoms with van der Waals surface area (Å²) in [6.45, 7) is 0.